The first-order valence-electron chi connectivity index (χ1n) is 7.40. The minimum absolute atomic E-state index is 0.190. The fraction of sp³-hybridized carbons (Fsp3) is 0.222. The third-order valence-electron chi connectivity index (χ3n) is 3.38. The van der Waals surface area contributed by atoms with Crippen LogP contribution in [0.25, 0.3) is 0 Å². The lowest BCUT2D eigenvalue weighted by Crippen LogP contribution is -2.42. The maximum Gasteiger partial charge on any atom is 0.242 e. The summed E-state index contributed by atoms with van der Waals surface area (Å²) in [7, 11) is 0. The molecule has 0 radical (unpaired) electrons. The fourth-order valence-corrected chi connectivity index (χ4v) is 2.17. The molecule has 2 rings (SSSR count). The zero-order chi connectivity index (χ0) is 16.7. The van der Waals surface area contributed by atoms with Gasteiger partial charge < -0.3 is 0 Å². The number of rotatable bonds is 5. The molecule has 120 valence electrons. The van der Waals surface area contributed by atoms with Gasteiger partial charge in [-0.05, 0) is 36.6 Å². The molecule has 0 atom stereocenters. The average Bonchev–Trinajstić information content (AvgIpc) is 2.54. The Kier molecular flexibility index (Phi) is 6.18. The molecule has 2 aromatic carbocycles. The van der Waals surface area contributed by atoms with Crippen LogP contribution in [-0.4, -0.2) is 11.8 Å². The van der Waals surface area contributed by atoms with Crippen LogP contribution in [0.3, 0.4) is 0 Å². The Bertz CT molecular complexity index is 666. The molecule has 0 aliphatic heterocycles. The predicted molar refractivity (Wildman–Crippen MR) is 90.9 cm³/mol. The van der Waals surface area contributed by atoms with Crippen molar-refractivity contribution in [2.75, 3.05) is 0 Å². The maximum absolute atomic E-state index is 11.8. The van der Waals surface area contributed by atoms with E-state index in [1.807, 2.05) is 31.2 Å². The molecular weight excluding hydrogens is 312 g/mol. The molecule has 2 N–H and O–H groups in total. The molecule has 0 aliphatic rings. The van der Waals surface area contributed by atoms with E-state index in [0.717, 1.165) is 11.1 Å². The Morgan fingerprint density at radius 1 is 0.870 bits per heavy atom. The summed E-state index contributed by atoms with van der Waals surface area (Å²) >= 11 is 5.79. The van der Waals surface area contributed by atoms with Crippen molar-refractivity contribution in [3.05, 3.63) is 70.2 Å². The SMILES string of the molecule is Cc1ccc(CCC(=O)NNC(=O)Cc2ccc(Cl)cc2)cc1. The third kappa shape index (κ3) is 6.12. The highest BCUT2D eigenvalue weighted by Gasteiger charge is 2.06. The highest BCUT2D eigenvalue weighted by atomic mass is 35.5. The zero-order valence-corrected chi connectivity index (χ0v) is 13.7. The molecule has 0 bridgehead atoms. The van der Waals surface area contributed by atoms with Crippen LogP contribution in [0, 0.1) is 6.92 Å². The van der Waals surface area contributed by atoms with Crippen molar-refractivity contribution in [3.63, 3.8) is 0 Å². The third-order valence-corrected chi connectivity index (χ3v) is 3.63. The molecule has 0 aliphatic carbocycles. The number of hydrazine groups is 1. The summed E-state index contributed by atoms with van der Waals surface area (Å²) in [4.78, 5) is 23.5. The number of benzene rings is 2. The lowest BCUT2D eigenvalue weighted by Gasteiger charge is -2.08. The highest BCUT2D eigenvalue weighted by Crippen LogP contribution is 2.09. The van der Waals surface area contributed by atoms with Crippen LogP contribution in [0.2, 0.25) is 5.02 Å². The first-order chi connectivity index (χ1) is 11.0. The van der Waals surface area contributed by atoms with Crippen LogP contribution in [0.5, 0.6) is 0 Å². The smallest absolute Gasteiger partial charge is 0.242 e. The molecule has 2 amide bonds. The molecule has 0 unspecified atom stereocenters. The summed E-state index contributed by atoms with van der Waals surface area (Å²) in [5, 5.41) is 0.624. The summed E-state index contributed by atoms with van der Waals surface area (Å²) in [6.07, 6.45) is 1.15. The van der Waals surface area contributed by atoms with Crippen molar-refractivity contribution in [3.8, 4) is 0 Å². The normalized spacial score (nSPS) is 10.2. The van der Waals surface area contributed by atoms with Crippen LogP contribution < -0.4 is 10.9 Å². The van der Waals surface area contributed by atoms with Gasteiger partial charge in [0.25, 0.3) is 0 Å². The maximum atomic E-state index is 11.8. The van der Waals surface area contributed by atoms with Crippen LogP contribution in [0.1, 0.15) is 23.1 Å². The van der Waals surface area contributed by atoms with Gasteiger partial charge in [-0.1, -0.05) is 53.6 Å². The summed E-state index contributed by atoms with van der Waals surface area (Å²) in [5.41, 5.74) is 7.97. The second-order valence-corrected chi connectivity index (χ2v) is 5.82. The van der Waals surface area contributed by atoms with E-state index >= 15 is 0 Å². The van der Waals surface area contributed by atoms with Gasteiger partial charge in [-0.15, -0.1) is 0 Å². The van der Waals surface area contributed by atoms with Gasteiger partial charge in [0, 0.05) is 11.4 Å². The summed E-state index contributed by atoms with van der Waals surface area (Å²) in [6, 6.07) is 15.0. The molecule has 4 nitrogen and oxygen atoms in total. The highest BCUT2D eigenvalue weighted by molar-refractivity contribution is 6.30. The van der Waals surface area contributed by atoms with Crippen molar-refractivity contribution < 1.29 is 9.59 Å². The number of aryl methyl sites for hydroxylation is 2. The molecule has 2 aromatic rings. The number of nitrogens with one attached hydrogen (secondary N) is 2. The molecule has 0 aromatic heterocycles. The Labute approximate surface area is 140 Å². The van der Waals surface area contributed by atoms with E-state index in [-0.39, 0.29) is 18.2 Å². The predicted octanol–water partition coefficient (Wildman–Crippen LogP) is 2.97. The van der Waals surface area contributed by atoms with Crippen molar-refractivity contribution in [2.24, 2.45) is 0 Å². The Morgan fingerprint density at radius 2 is 1.43 bits per heavy atom. The standard InChI is InChI=1S/C18H19ClN2O2/c1-13-2-4-14(5-3-13)8-11-17(22)20-21-18(23)12-15-6-9-16(19)10-7-15/h2-7,9-10H,8,11-12H2,1H3,(H,20,22)(H,21,23). The number of amides is 2. The van der Waals surface area contributed by atoms with Gasteiger partial charge in [0.15, 0.2) is 0 Å². The van der Waals surface area contributed by atoms with Gasteiger partial charge >= 0.3 is 0 Å². The summed E-state index contributed by atoms with van der Waals surface area (Å²) in [5.74, 6) is -0.481. The topological polar surface area (TPSA) is 58.2 Å². The van der Waals surface area contributed by atoms with Gasteiger partial charge in [-0.25, -0.2) is 0 Å². The second kappa shape index (κ2) is 8.34. The lowest BCUT2D eigenvalue weighted by atomic mass is 10.1. The molecule has 23 heavy (non-hydrogen) atoms. The lowest BCUT2D eigenvalue weighted by molar-refractivity contribution is -0.128. The van der Waals surface area contributed by atoms with Gasteiger partial charge in [-0.2, -0.15) is 0 Å². The van der Waals surface area contributed by atoms with Gasteiger partial charge in [0.2, 0.25) is 11.8 Å². The van der Waals surface area contributed by atoms with Gasteiger partial charge in [0.05, 0.1) is 6.42 Å². The Hall–Kier alpha value is -2.33. The molecular formula is C18H19ClN2O2. The van der Waals surface area contributed by atoms with Crippen LogP contribution in [-0.2, 0) is 22.4 Å². The largest absolute Gasteiger partial charge is 0.273 e. The van der Waals surface area contributed by atoms with E-state index in [1.54, 1.807) is 24.3 Å². The number of carbonyl (C=O) groups excluding carboxylic acids is 2. The molecule has 5 heteroatoms. The second-order valence-electron chi connectivity index (χ2n) is 5.39. The van der Waals surface area contributed by atoms with Crippen LogP contribution >= 0.6 is 11.6 Å². The van der Waals surface area contributed by atoms with E-state index < -0.39 is 0 Å². The minimum atomic E-state index is -0.268. The monoisotopic (exact) mass is 330 g/mol. The number of halogens is 1. The number of carbonyl (C=O) groups is 2. The van der Waals surface area contributed by atoms with Crippen LogP contribution in [0.4, 0.5) is 0 Å². The van der Waals surface area contributed by atoms with E-state index in [9.17, 15) is 9.59 Å². The number of hydrogen-bond donors (Lipinski definition) is 2. The molecule has 0 fully saturated rings. The first-order valence-corrected chi connectivity index (χ1v) is 7.78. The quantitative estimate of drug-likeness (QED) is 0.828. The van der Waals surface area contributed by atoms with Gasteiger partial charge in [-0.3, -0.25) is 20.4 Å². The van der Waals surface area contributed by atoms with E-state index in [4.69, 9.17) is 11.6 Å². The summed E-state index contributed by atoms with van der Waals surface area (Å²) in [6.45, 7) is 2.02. The van der Waals surface area contributed by atoms with Crippen LogP contribution in [0.15, 0.2) is 48.5 Å². The molecule has 0 spiro atoms. The first kappa shape index (κ1) is 17.0. The van der Waals surface area contributed by atoms with E-state index in [2.05, 4.69) is 10.9 Å². The van der Waals surface area contributed by atoms with Crippen molar-refractivity contribution in [1.82, 2.24) is 10.9 Å². The molecule has 0 heterocycles. The summed E-state index contributed by atoms with van der Waals surface area (Å²) < 4.78 is 0. The van der Waals surface area contributed by atoms with E-state index in [1.165, 1.54) is 5.56 Å². The fourth-order valence-electron chi connectivity index (χ4n) is 2.05. The van der Waals surface area contributed by atoms with Crippen molar-refractivity contribution >= 4 is 23.4 Å². The van der Waals surface area contributed by atoms with Crippen molar-refractivity contribution in [2.45, 2.75) is 26.2 Å². The van der Waals surface area contributed by atoms with Gasteiger partial charge in [0.1, 0.15) is 0 Å². The number of hydrogen-bond acceptors (Lipinski definition) is 2. The Balaban J connectivity index is 1.70. The minimum Gasteiger partial charge on any atom is -0.273 e. The Morgan fingerprint density at radius 3 is 2.09 bits per heavy atom. The zero-order valence-electron chi connectivity index (χ0n) is 12.9. The average molecular weight is 331 g/mol. The molecule has 0 saturated heterocycles. The van der Waals surface area contributed by atoms with E-state index in [0.29, 0.717) is 17.9 Å². The molecule has 0 saturated carbocycles. The van der Waals surface area contributed by atoms with Crippen molar-refractivity contribution in [1.29, 1.82) is 0 Å².